The molecule has 0 fully saturated rings. The van der Waals surface area contributed by atoms with Crippen LogP contribution in [0.25, 0.3) is 0 Å². The topological polar surface area (TPSA) is 104 Å². The van der Waals surface area contributed by atoms with Gasteiger partial charge in [-0.1, -0.05) is 12.1 Å². The first-order chi connectivity index (χ1) is 7.41. The first-order valence-electron chi connectivity index (χ1n) is 4.85. The fourth-order valence-electron chi connectivity index (χ4n) is 1.43. The minimum absolute atomic E-state index is 0.115. The van der Waals surface area contributed by atoms with Crippen molar-refractivity contribution in [2.75, 3.05) is 0 Å². The number of aromatic hydroxyl groups is 1. The number of benzene rings is 1. The molecule has 1 rings (SSSR count). The van der Waals surface area contributed by atoms with Gasteiger partial charge >= 0.3 is 0 Å². The molecule has 0 aliphatic rings. The lowest BCUT2D eigenvalue weighted by Crippen LogP contribution is -2.25. The van der Waals surface area contributed by atoms with Gasteiger partial charge in [0.15, 0.2) is 0 Å². The Labute approximate surface area is 93.1 Å². The van der Waals surface area contributed by atoms with Gasteiger partial charge in [-0.05, 0) is 18.6 Å². The van der Waals surface area contributed by atoms with Gasteiger partial charge in [0.2, 0.25) is 5.91 Å². The number of amides is 1. The number of hydrogen-bond acceptors (Lipinski definition) is 4. The van der Waals surface area contributed by atoms with Crippen LogP contribution in [0.15, 0.2) is 18.2 Å². The molecule has 1 amide bonds. The molecule has 16 heavy (non-hydrogen) atoms. The minimum atomic E-state index is -1.33. The van der Waals surface area contributed by atoms with Crippen molar-refractivity contribution in [3.8, 4) is 5.75 Å². The maximum atomic E-state index is 10.6. The van der Waals surface area contributed by atoms with E-state index in [0.717, 1.165) is 5.56 Å². The van der Waals surface area contributed by atoms with Crippen LogP contribution in [-0.2, 0) is 4.79 Å². The first-order valence-corrected chi connectivity index (χ1v) is 4.85. The Balaban J connectivity index is 2.87. The summed E-state index contributed by atoms with van der Waals surface area (Å²) in [4.78, 5) is 10.6. The summed E-state index contributed by atoms with van der Waals surface area (Å²) in [6.45, 7) is 1.79. The number of carbonyl (C=O) groups is 1. The summed E-state index contributed by atoms with van der Waals surface area (Å²) >= 11 is 0. The van der Waals surface area contributed by atoms with Crippen LogP contribution in [0.2, 0.25) is 0 Å². The second-order valence-corrected chi connectivity index (χ2v) is 3.74. The second kappa shape index (κ2) is 4.96. The molecule has 5 N–H and O–H groups in total. The van der Waals surface area contributed by atoms with Gasteiger partial charge in [-0.15, -0.1) is 0 Å². The molecule has 1 aromatic carbocycles. The Morgan fingerprint density at radius 1 is 1.44 bits per heavy atom. The lowest BCUT2D eigenvalue weighted by molar-refractivity contribution is -0.121. The van der Waals surface area contributed by atoms with E-state index >= 15 is 0 Å². The normalized spacial score (nSPS) is 14.4. The molecule has 88 valence electrons. The average Bonchev–Trinajstić information content (AvgIpc) is 2.15. The smallest absolute Gasteiger partial charge is 0.220 e. The van der Waals surface area contributed by atoms with E-state index in [0.29, 0.717) is 0 Å². The molecule has 5 heteroatoms. The van der Waals surface area contributed by atoms with Crippen LogP contribution >= 0.6 is 0 Å². The van der Waals surface area contributed by atoms with E-state index in [2.05, 4.69) is 0 Å². The lowest BCUT2D eigenvalue weighted by atomic mass is 10.00. The van der Waals surface area contributed by atoms with Crippen LogP contribution in [0.3, 0.4) is 0 Å². The van der Waals surface area contributed by atoms with Crippen LogP contribution in [0, 0.1) is 6.92 Å². The van der Waals surface area contributed by atoms with Gasteiger partial charge in [0, 0.05) is 5.56 Å². The molecular weight excluding hydrogens is 210 g/mol. The summed E-state index contributed by atoms with van der Waals surface area (Å²) in [6.07, 6.45) is -2.99. The number of carbonyl (C=O) groups excluding carboxylic acids is 1. The third-order valence-electron chi connectivity index (χ3n) is 2.28. The maximum Gasteiger partial charge on any atom is 0.220 e. The van der Waals surface area contributed by atoms with E-state index in [1.165, 1.54) is 12.1 Å². The number of phenols is 1. The van der Waals surface area contributed by atoms with Gasteiger partial charge in [0.1, 0.15) is 11.9 Å². The number of aliphatic hydroxyl groups excluding tert-OH is 2. The predicted octanol–water partition coefficient (Wildman–Crippen LogP) is -0.0297. The van der Waals surface area contributed by atoms with Gasteiger partial charge in [-0.2, -0.15) is 0 Å². The standard InChI is InChI=1S/C11H15NO4/c1-6-2-3-7(8(13)4-6)11(16)9(14)5-10(12)15/h2-4,9,11,13-14,16H,5H2,1H3,(H2,12,15). The Bertz CT molecular complexity index is 392. The van der Waals surface area contributed by atoms with Crippen molar-refractivity contribution in [3.05, 3.63) is 29.3 Å². The highest BCUT2D eigenvalue weighted by Gasteiger charge is 2.22. The van der Waals surface area contributed by atoms with Crippen LogP contribution in [0.1, 0.15) is 23.7 Å². The van der Waals surface area contributed by atoms with Crippen molar-refractivity contribution in [2.24, 2.45) is 5.73 Å². The van der Waals surface area contributed by atoms with Gasteiger partial charge < -0.3 is 21.1 Å². The van der Waals surface area contributed by atoms with E-state index in [9.17, 15) is 20.1 Å². The summed E-state index contributed by atoms with van der Waals surface area (Å²) in [6, 6.07) is 4.66. The summed E-state index contributed by atoms with van der Waals surface area (Å²) in [5.74, 6) is -0.825. The molecule has 0 spiro atoms. The Kier molecular flexibility index (Phi) is 3.87. The Morgan fingerprint density at radius 3 is 2.56 bits per heavy atom. The molecule has 5 nitrogen and oxygen atoms in total. The number of aryl methyl sites for hydroxylation is 1. The van der Waals surface area contributed by atoms with Crippen LogP contribution in [-0.4, -0.2) is 27.3 Å². The van der Waals surface area contributed by atoms with E-state index in [1.807, 2.05) is 0 Å². The predicted molar refractivity (Wildman–Crippen MR) is 57.6 cm³/mol. The van der Waals surface area contributed by atoms with Gasteiger partial charge in [0.05, 0.1) is 12.5 Å². The zero-order valence-electron chi connectivity index (χ0n) is 8.92. The van der Waals surface area contributed by atoms with E-state index in [1.54, 1.807) is 13.0 Å². The van der Waals surface area contributed by atoms with Crippen molar-refractivity contribution in [2.45, 2.75) is 25.6 Å². The van der Waals surface area contributed by atoms with Crippen molar-refractivity contribution in [1.82, 2.24) is 0 Å². The largest absolute Gasteiger partial charge is 0.508 e. The summed E-state index contributed by atoms with van der Waals surface area (Å²) in [7, 11) is 0. The van der Waals surface area contributed by atoms with E-state index < -0.39 is 18.1 Å². The van der Waals surface area contributed by atoms with Crippen molar-refractivity contribution in [1.29, 1.82) is 0 Å². The fraction of sp³-hybridized carbons (Fsp3) is 0.364. The molecule has 2 atom stereocenters. The SMILES string of the molecule is Cc1ccc(C(O)C(O)CC(N)=O)c(O)c1. The van der Waals surface area contributed by atoms with Crippen molar-refractivity contribution >= 4 is 5.91 Å². The third kappa shape index (κ3) is 2.95. The van der Waals surface area contributed by atoms with Crippen LogP contribution in [0.5, 0.6) is 5.75 Å². The molecule has 0 radical (unpaired) electrons. The second-order valence-electron chi connectivity index (χ2n) is 3.74. The molecular formula is C11H15NO4. The van der Waals surface area contributed by atoms with Gasteiger partial charge in [-0.3, -0.25) is 4.79 Å². The molecule has 0 aliphatic heterocycles. The van der Waals surface area contributed by atoms with E-state index in [4.69, 9.17) is 5.73 Å². The Morgan fingerprint density at radius 2 is 2.06 bits per heavy atom. The molecule has 0 heterocycles. The summed E-state index contributed by atoms with van der Waals surface area (Å²) in [5.41, 5.74) is 5.91. The highest BCUT2D eigenvalue weighted by atomic mass is 16.3. The number of rotatable bonds is 4. The molecule has 2 unspecified atom stereocenters. The number of phenolic OH excluding ortho intramolecular Hbond substituents is 1. The van der Waals surface area contributed by atoms with Crippen LogP contribution in [0.4, 0.5) is 0 Å². The molecule has 0 saturated carbocycles. The lowest BCUT2D eigenvalue weighted by Gasteiger charge is -2.18. The first kappa shape index (κ1) is 12.5. The monoisotopic (exact) mass is 225 g/mol. The number of primary amides is 1. The highest BCUT2D eigenvalue weighted by Crippen LogP contribution is 2.28. The summed E-state index contributed by atoms with van der Waals surface area (Å²) in [5, 5.41) is 28.7. The number of aliphatic hydroxyl groups is 2. The maximum absolute atomic E-state index is 10.6. The molecule has 0 saturated heterocycles. The minimum Gasteiger partial charge on any atom is -0.508 e. The highest BCUT2D eigenvalue weighted by molar-refractivity contribution is 5.74. The average molecular weight is 225 g/mol. The molecule has 0 bridgehead atoms. The molecule has 0 aromatic heterocycles. The van der Waals surface area contributed by atoms with Crippen molar-refractivity contribution < 1.29 is 20.1 Å². The molecule has 1 aromatic rings. The van der Waals surface area contributed by atoms with E-state index in [-0.39, 0.29) is 17.7 Å². The number of nitrogens with two attached hydrogens (primary N) is 1. The number of hydrogen-bond donors (Lipinski definition) is 4. The zero-order valence-corrected chi connectivity index (χ0v) is 8.92. The summed E-state index contributed by atoms with van der Waals surface area (Å²) < 4.78 is 0. The Hall–Kier alpha value is -1.59. The van der Waals surface area contributed by atoms with Crippen LogP contribution < -0.4 is 5.73 Å². The molecule has 0 aliphatic carbocycles. The van der Waals surface area contributed by atoms with Gasteiger partial charge in [0.25, 0.3) is 0 Å². The fourth-order valence-corrected chi connectivity index (χ4v) is 1.43. The van der Waals surface area contributed by atoms with Crippen molar-refractivity contribution in [3.63, 3.8) is 0 Å². The third-order valence-corrected chi connectivity index (χ3v) is 2.28. The quantitative estimate of drug-likeness (QED) is 0.577. The van der Waals surface area contributed by atoms with Gasteiger partial charge in [-0.25, -0.2) is 0 Å². The zero-order chi connectivity index (χ0) is 12.3.